The first-order valence-electron chi connectivity index (χ1n) is 6.74. The van der Waals surface area contributed by atoms with E-state index >= 15 is 0 Å². The number of hydrogen-bond acceptors (Lipinski definition) is 2. The lowest BCUT2D eigenvalue weighted by atomic mass is 9.94. The molecule has 1 unspecified atom stereocenters. The maximum absolute atomic E-state index is 10.2. The molecule has 0 saturated heterocycles. The number of benzene rings is 1. The summed E-state index contributed by atoms with van der Waals surface area (Å²) in [5.74, 6) is 0.531. The lowest BCUT2D eigenvalue weighted by Gasteiger charge is -2.23. The normalized spacial score (nSPS) is 14.0. The van der Waals surface area contributed by atoms with Crippen LogP contribution in [0.1, 0.15) is 63.3 Å². The summed E-state index contributed by atoms with van der Waals surface area (Å²) in [7, 11) is 0. The van der Waals surface area contributed by atoms with E-state index in [-0.39, 0.29) is 5.54 Å². The van der Waals surface area contributed by atoms with Crippen molar-refractivity contribution in [3.8, 4) is 0 Å². The molecule has 0 aromatic heterocycles. The van der Waals surface area contributed by atoms with Gasteiger partial charge in [0.25, 0.3) is 0 Å². The van der Waals surface area contributed by atoms with Crippen molar-refractivity contribution >= 4 is 0 Å². The number of β-amino-alcohol motifs (C(OH)–C–C–N with tert-alkyl or cyclic N) is 1. The number of aryl methyl sites for hydroxylation is 1. The van der Waals surface area contributed by atoms with Crippen LogP contribution in [0, 0.1) is 6.92 Å². The van der Waals surface area contributed by atoms with Crippen LogP contribution in [0.5, 0.6) is 0 Å². The van der Waals surface area contributed by atoms with E-state index in [9.17, 15) is 5.11 Å². The predicted molar refractivity (Wildman–Crippen MR) is 78.0 cm³/mol. The van der Waals surface area contributed by atoms with Crippen LogP contribution in [0.3, 0.4) is 0 Å². The fourth-order valence-electron chi connectivity index (χ4n) is 2.07. The minimum Gasteiger partial charge on any atom is -0.387 e. The standard InChI is InChI=1S/C16H27NO/c1-11(2)14-8-7-13(9-12(14)3)15(18)10-17-16(4,5)6/h7-9,11,15,17-18H,10H2,1-6H3. The highest BCUT2D eigenvalue weighted by molar-refractivity contribution is 5.34. The summed E-state index contributed by atoms with van der Waals surface area (Å²) >= 11 is 0. The SMILES string of the molecule is Cc1cc(C(O)CNC(C)(C)C)ccc1C(C)C. The Bertz CT molecular complexity index is 391. The largest absolute Gasteiger partial charge is 0.387 e. The van der Waals surface area contributed by atoms with Crippen molar-refractivity contribution in [2.75, 3.05) is 6.54 Å². The van der Waals surface area contributed by atoms with Crippen molar-refractivity contribution in [3.05, 3.63) is 34.9 Å². The summed E-state index contributed by atoms with van der Waals surface area (Å²) in [4.78, 5) is 0. The zero-order valence-electron chi connectivity index (χ0n) is 12.5. The molecular weight excluding hydrogens is 222 g/mol. The molecule has 0 heterocycles. The molecule has 2 heteroatoms. The quantitative estimate of drug-likeness (QED) is 0.855. The Kier molecular flexibility index (Phi) is 4.94. The third kappa shape index (κ3) is 4.43. The second-order valence-electron chi connectivity index (χ2n) is 6.42. The van der Waals surface area contributed by atoms with Crippen LogP contribution in [0.4, 0.5) is 0 Å². The van der Waals surface area contributed by atoms with Crippen LogP contribution in [0.25, 0.3) is 0 Å². The van der Waals surface area contributed by atoms with Crippen molar-refractivity contribution in [1.82, 2.24) is 5.32 Å². The van der Waals surface area contributed by atoms with E-state index in [1.807, 2.05) is 6.07 Å². The summed E-state index contributed by atoms with van der Waals surface area (Å²) in [6.45, 7) is 13.4. The Hall–Kier alpha value is -0.860. The summed E-state index contributed by atoms with van der Waals surface area (Å²) in [6.07, 6.45) is -0.441. The van der Waals surface area contributed by atoms with Gasteiger partial charge in [0.1, 0.15) is 0 Å². The average molecular weight is 249 g/mol. The monoisotopic (exact) mass is 249 g/mol. The lowest BCUT2D eigenvalue weighted by Crippen LogP contribution is -2.38. The smallest absolute Gasteiger partial charge is 0.0914 e. The highest BCUT2D eigenvalue weighted by atomic mass is 16.3. The van der Waals surface area contributed by atoms with Gasteiger partial charge in [0, 0.05) is 12.1 Å². The molecular formula is C16H27NO. The van der Waals surface area contributed by atoms with E-state index in [0.717, 1.165) is 5.56 Å². The van der Waals surface area contributed by atoms with Gasteiger partial charge in [-0.05, 0) is 50.3 Å². The van der Waals surface area contributed by atoms with Crippen molar-refractivity contribution in [3.63, 3.8) is 0 Å². The molecule has 1 atom stereocenters. The van der Waals surface area contributed by atoms with Gasteiger partial charge >= 0.3 is 0 Å². The van der Waals surface area contributed by atoms with Gasteiger partial charge in [-0.25, -0.2) is 0 Å². The molecule has 18 heavy (non-hydrogen) atoms. The molecule has 0 saturated carbocycles. The molecule has 0 radical (unpaired) electrons. The predicted octanol–water partition coefficient (Wildman–Crippen LogP) is 3.54. The van der Waals surface area contributed by atoms with Gasteiger partial charge in [-0.3, -0.25) is 0 Å². The topological polar surface area (TPSA) is 32.3 Å². The summed E-state index contributed by atoms with van der Waals surface area (Å²) < 4.78 is 0. The van der Waals surface area contributed by atoms with Gasteiger partial charge < -0.3 is 10.4 Å². The average Bonchev–Trinajstić information content (AvgIpc) is 2.24. The molecule has 0 aliphatic heterocycles. The van der Waals surface area contributed by atoms with Gasteiger partial charge in [-0.1, -0.05) is 32.0 Å². The second kappa shape index (κ2) is 5.85. The third-order valence-electron chi connectivity index (χ3n) is 3.13. The highest BCUT2D eigenvalue weighted by Crippen LogP contribution is 2.23. The number of rotatable bonds is 4. The van der Waals surface area contributed by atoms with Crippen LogP contribution >= 0.6 is 0 Å². The molecule has 1 rings (SSSR count). The van der Waals surface area contributed by atoms with Crippen molar-refractivity contribution in [2.24, 2.45) is 0 Å². The van der Waals surface area contributed by atoms with E-state index in [2.05, 4.69) is 59.0 Å². The minimum absolute atomic E-state index is 0.0356. The van der Waals surface area contributed by atoms with Crippen LogP contribution in [-0.4, -0.2) is 17.2 Å². The molecule has 0 bridgehead atoms. The number of aliphatic hydroxyl groups is 1. The maximum Gasteiger partial charge on any atom is 0.0914 e. The summed E-state index contributed by atoms with van der Waals surface area (Å²) in [6, 6.07) is 6.28. The number of aliphatic hydroxyl groups excluding tert-OH is 1. The number of nitrogens with one attached hydrogen (secondary N) is 1. The molecule has 0 fully saturated rings. The Morgan fingerprint density at radius 1 is 1.22 bits per heavy atom. The fraction of sp³-hybridized carbons (Fsp3) is 0.625. The number of hydrogen-bond donors (Lipinski definition) is 2. The van der Waals surface area contributed by atoms with E-state index < -0.39 is 6.10 Å². The Morgan fingerprint density at radius 3 is 2.28 bits per heavy atom. The lowest BCUT2D eigenvalue weighted by molar-refractivity contribution is 0.163. The maximum atomic E-state index is 10.2. The first kappa shape index (κ1) is 15.2. The first-order chi connectivity index (χ1) is 8.20. The van der Waals surface area contributed by atoms with Gasteiger partial charge in [-0.2, -0.15) is 0 Å². The van der Waals surface area contributed by atoms with Crippen LogP contribution in [0.15, 0.2) is 18.2 Å². The Labute approximate surface area is 111 Å². The zero-order chi connectivity index (χ0) is 13.9. The molecule has 0 amide bonds. The molecule has 1 aromatic carbocycles. The second-order valence-corrected chi connectivity index (χ2v) is 6.42. The van der Waals surface area contributed by atoms with Crippen LogP contribution < -0.4 is 5.32 Å². The van der Waals surface area contributed by atoms with Gasteiger partial charge in [0.15, 0.2) is 0 Å². The molecule has 1 aromatic rings. The van der Waals surface area contributed by atoms with Gasteiger partial charge in [-0.15, -0.1) is 0 Å². The molecule has 0 spiro atoms. The molecule has 0 aliphatic rings. The fourth-order valence-corrected chi connectivity index (χ4v) is 2.07. The summed E-state index contributed by atoms with van der Waals surface area (Å²) in [5, 5.41) is 13.5. The Morgan fingerprint density at radius 2 is 1.83 bits per heavy atom. The van der Waals surface area contributed by atoms with E-state index in [0.29, 0.717) is 12.5 Å². The highest BCUT2D eigenvalue weighted by Gasteiger charge is 2.14. The van der Waals surface area contributed by atoms with Crippen LogP contribution in [0.2, 0.25) is 0 Å². The molecule has 2 N–H and O–H groups in total. The van der Waals surface area contributed by atoms with Gasteiger partial charge in [0.05, 0.1) is 6.10 Å². The van der Waals surface area contributed by atoms with Crippen LogP contribution in [-0.2, 0) is 0 Å². The summed E-state index contributed by atoms with van der Waals surface area (Å²) in [5.41, 5.74) is 3.65. The van der Waals surface area contributed by atoms with Gasteiger partial charge in [0.2, 0.25) is 0 Å². The Balaban J connectivity index is 2.75. The molecule has 102 valence electrons. The van der Waals surface area contributed by atoms with E-state index in [4.69, 9.17) is 0 Å². The molecule has 2 nitrogen and oxygen atoms in total. The van der Waals surface area contributed by atoms with E-state index in [1.54, 1.807) is 0 Å². The molecule has 0 aliphatic carbocycles. The minimum atomic E-state index is -0.441. The van der Waals surface area contributed by atoms with Crippen molar-refractivity contribution < 1.29 is 5.11 Å². The third-order valence-corrected chi connectivity index (χ3v) is 3.13. The van der Waals surface area contributed by atoms with E-state index in [1.165, 1.54) is 11.1 Å². The van der Waals surface area contributed by atoms with Crippen molar-refractivity contribution in [1.29, 1.82) is 0 Å². The zero-order valence-corrected chi connectivity index (χ0v) is 12.5. The first-order valence-corrected chi connectivity index (χ1v) is 6.74. The van der Waals surface area contributed by atoms with Crippen molar-refractivity contribution in [2.45, 2.75) is 59.1 Å².